The van der Waals surface area contributed by atoms with Crippen molar-refractivity contribution in [2.24, 2.45) is 0 Å². The van der Waals surface area contributed by atoms with Gasteiger partial charge in [0, 0.05) is 55.9 Å². The first-order chi connectivity index (χ1) is 17.1. The van der Waals surface area contributed by atoms with Crippen LogP contribution in [-0.4, -0.2) is 60.3 Å². The van der Waals surface area contributed by atoms with Crippen molar-refractivity contribution in [3.05, 3.63) is 66.0 Å². The zero-order valence-corrected chi connectivity index (χ0v) is 19.6. The first kappa shape index (κ1) is 25.4. The number of aromatic hydroxyl groups is 1. The third kappa shape index (κ3) is 6.50. The van der Waals surface area contributed by atoms with Gasteiger partial charge in [-0.05, 0) is 29.8 Å². The molecule has 3 aromatic rings. The van der Waals surface area contributed by atoms with Gasteiger partial charge in [0.05, 0.1) is 0 Å². The van der Waals surface area contributed by atoms with E-state index in [-0.39, 0.29) is 30.5 Å². The molecule has 0 spiro atoms. The van der Waals surface area contributed by atoms with Crippen molar-refractivity contribution < 1.29 is 31.4 Å². The van der Waals surface area contributed by atoms with Crippen molar-refractivity contribution in [3.63, 3.8) is 0 Å². The number of ether oxygens (including phenoxy) is 1. The summed E-state index contributed by atoms with van der Waals surface area (Å²) in [4.78, 5) is 7.68. The van der Waals surface area contributed by atoms with Gasteiger partial charge in [0.25, 0.3) is 0 Å². The van der Waals surface area contributed by atoms with Gasteiger partial charge >= 0.3 is 6.36 Å². The van der Waals surface area contributed by atoms with E-state index in [9.17, 15) is 26.7 Å². The SMILES string of the molecule is O=S(=O)(c1ccc(Nc2ncc(C=Cc3cccc(O)c3)cn2)cc1OC(F)(F)F)N1CCNCC1. The molecule has 0 bridgehead atoms. The molecule has 0 atom stereocenters. The molecular weight excluding hydrogens is 499 g/mol. The molecule has 190 valence electrons. The van der Waals surface area contributed by atoms with Crippen LogP contribution in [0.1, 0.15) is 11.1 Å². The standard InChI is InChI=1S/C23H22F3N5O4S/c24-23(25,26)35-20-13-18(6-7-21(20)36(33,34)31-10-8-27-9-11-31)30-22-28-14-17(15-29-22)5-4-16-2-1-3-19(32)12-16/h1-7,12-15,27,32H,8-11H2,(H,28,29,30). The summed E-state index contributed by atoms with van der Waals surface area (Å²) in [6.07, 6.45) is 1.37. The molecule has 1 aliphatic rings. The van der Waals surface area contributed by atoms with Crippen LogP contribution in [0.15, 0.2) is 59.8 Å². The van der Waals surface area contributed by atoms with Gasteiger partial charge in [-0.2, -0.15) is 4.31 Å². The van der Waals surface area contributed by atoms with Crippen LogP contribution in [0.3, 0.4) is 0 Å². The Balaban J connectivity index is 1.54. The number of nitrogens with zero attached hydrogens (tertiary/aromatic N) is 3. The van der Waals surface area contributed by atoms with E-state index in [4.69, 9.17) is 0 Å². The second-order valence-electron chi connectivity index (χ2n) is 7.76. The predicted octanol–water partition coefficient (Wildman–Crippen LogP) is 3.59. The van der Waals surface area contributed by atoms with Crippen LogP contribution in [0.2, 0.25) is 0 Å². The molecule has 2 aromatic carbocycles. The molecule has 1 saturated heterocycles. The van der Waals surface area contributed by atoms with E-state index in [1.807, 2.05) is 0 Å². The number of sulfonamides is 1. The molecule has 0 unspecified atom stereocenters. The van der Waals surface area contributed by atoms with Gasteiger partial charge in [-0.25, -0.2) is 18.4 Å². The highest BCUT2D eigenvalue weighted by molar-refractivity contribution is 7.89. The number of anilines is 2. The minimum Gasteiger partial charge on any atom is -0.508 e. The van der Waals surface area contributed by atoms with Crippen LogP contribution < -0.4 is 15.4 Å². The van der Waals surface area contributed by atoms with Gasteiger partial charge in [-0.1, -0.05) is 24.3 Å². The Morgan fingerprint density at radius 3 is 2.39 bits per heavy atom. The summed E-state index contributed by atoms with van der Waals surface area (Å²) >= 11 is 0. The lowest BCUT2D eigenvalue weighted by Crippen LogP contribution is -2.46. The van der Waals surface area contributed by atoms with E-state index < -0.39 is 27.0 Å². The molecule has 9 nitrogen and oxygen atoms in total. The van der Waals surface area contributed by atoms with Crippen molar-refractivity contribution in [2.45, 2.75) is 11.3 Å². The number of phenols is 1. The van der Waals surface area contributed by atoms with Gasteiger partial charge in [0.1, 0.15) is 10.6 Å². The predicted molar refractivity (Wildman–Crippen MR) is 127 cm³/mol. The smallest absolute Gasteiger partial charge is 0.508 e. The zero-order valence-electron chi connectivity index (χ0n) is 18.7. The maximum atomic E-state index is 13.1. The average Bonchev–Trinajstić information content (AvgIpc) is 2.83. The number of hydrogen-bond donors (Lipinski definition) is 3. The van der Waals surface area contributed by atoms with E-state index in [0.29, 0.717) is 18.7 Å². The fraction of sp³-hybridized carbons (Fsp3) is 0.217. The largest absolute Gasteiger partial charge is 0.573 e. The first-order valence-corrected chi connectivity index (χ1v) is 12.2. The van der Waals surface area contributed by atoms with Crippen LogP contribution in [0.25, 0.3) is 12.2 Å². The lowest BCUT2D eigenvalue weighted by molar-refractivity contribution is -0.275. The number of phenolic OH excluding ortho intramolecular Hbond substituents is 1. The number of nitrogens with one attached hydrogen (secondary N) is 2. The summed E-state index contributed by atoms with van der Waals surface area (Å²) in [6.45, 7) is 1.05. The topological polar surface area (TPSA) is 117 Å². The minimum atomic E-state index is -5.09. The Morgan fingerprint density at radius 1 is 1.03 bits per heavy atom. The van der Waals surface area contributed by atoms with Gasteiger partial charge < -0.3 is 20.5 Å². The maximum absolute atomic E-state index is 13.1. The molecule has 4 rings (SSSR count). The molecule has 0 amide bonds. The van der Waals surface area contributed by atoms with Crippen molar-refractivity contribution in [1.29, 1.82) is 0 Å². The second kappa shape index (κ2) is 10.5. The third-order valence-corrected chi connectivity index (χ3v) is 7.07. The second-order valence-corrected chi connectivity index (χ2v) is 9.66. The number of hydrogen-bond acceptors (Lipinski definition) is 8. The van der Waals surface area contributed by atoms with Crippen molar-refractivity contribution >= 4 is 33.8 Å². The number of rotatable bonds is 7. The lowest BCUT2D eigenvalue weighted by atomic mass is 10.2. The molecule has 1 aliphatic heterocycles. The fourth-order valence-corrected chi connectivity index (χ4v) is 5.00. The summed E-state index contributed by atoms with van der Waals surface area (Å²) in [5.41, 5.74) is 1.52. The molecule has 13 heteroatoms. The van der Waals surface area contributed by atoms with Gasteiger partial charge in [0.15, 0.2) is 5.75 Å². The minimum absolute atomic E-state index is 0.0835. The van der Waals surface area contributed by atoms with E-state index in [1.54, 1.807) is 36.4 Å². The maximum Gasteiger partial charge on any atom is 0.573 e. The highest BCUT2D eigenvalue weighted by atomic mass is 32.2. The molecule has 1 aromatic heterocycles. The number of piperazine rings is 1. The quantitative estimate of drug-likeness (QED) is 0.432. The Labute approximate surface area is 205 Å². The Morgan fingerprint density at radius 2 is 1.72 bits per heavy atom. The van der Waals surface area contributed by atoms with Crippen LogP contribution in [0.5, 0.6) is 11.5 Å². The number of halogens is 3. The van der Waals surface area contributed by atoms with Crippen molar-refractivity contribution in [1.82, 2.24) is 19.6 Å². The zero-order chi connectivity index (χ0) is 25.8. The number of benzene rings is 2. The molecule has 36 heavy (non-hydrogen) atoms. The average molecular weight is 522 g/mol. The van der Waals surface area contributed by atoms with Crippen molar-refractivity contribution in [2.75, 3.05) is 31.5 Å². The van der Waals surface area contributed by atoms with E-state index >= 15 is 0 Å². The van der Waals surface area contributed by atoms with Gasteiger partial charge in [0.2, 0.25) is 16.0 Å². The molecule has 3 N–H and O–H groups in total. The first-order valence-electron chi connectivity index (χ1n) is 10.8. The molecule has 2 heterocycles. The molecular formula is C23H22F3N5O4S. The Bertz CT molecular complexity index is 1340. The van der Waals surface area contributed by atoms with Crippen LogP contribution in [-0.2, 0) is 10.0 Å². The van der Waals surface area contributed by atoms with Gasteiger partial charge in [-0.15, -0.1) is 13.2 Å². The normalized spacial score (nSPS) is 15.2. The highest BCUT2D eigenvalue weighted by Crippen LogP contribution is 2.34. The van der Waals surface area contributed by atoms with E-state index in [1.165, 1.54) is 18.5 Å². The number of alkyl halides is 3. The van der Waals surface area contributed by atoms with Crippen LogP contribution >= 0.6 is 0 Å². The monoisotopic (exact) mass is 521 g/mol. The van der Waals surface area contributed by atoms with E-state index in [2.05, 4.69) is 25.3 Å². The lowest BCUT2D eigenvalue weighted by Gasteiger charge is -2.27. The molecule has 0 saturated carbocycles. The van der Waals surface area contributed by atoms with Crippen LogP contribution in [0, 0.1) is 0 Å². The van der Waals surface area contributed by atoms with Crippen molar-refractivity contribution in [3.8, 4) is 11.5 Å². The molecule has 0 aliphatic carbocycles. The summed E-state index contributed by atoms with van der Waals surface area (Å²) in [5.74, 6) is -0.634. The summed E-state index contributed by atoms with van der Waals surface area (Å²) < 4.78 is 70.3. The van der Waals surface area contributed by atoms with Crippen LogP contribution in [0.4, 0.5) is 24.8 Å². The Kier molecular flexibility index (Phi) is 7.43. The van der Waals surface area contributed by atoms with Gasteiger partial charge in [-0.3, -0.25) is 0 Å². The summed E-state index contributed by atoms with van der Waals surface area (Å²) in [7, 11) is -4.21. The van der Waals surface area contributed by atoms with E-state index in [0.717, 1.165) is 22.0 Å². The Hall–Kier alpha value is -3.68. The summed E-state index contributed by atoms with van der Waals surface area (Å²) in [6, 6.07) is 9.97. The molecule has 0 radical (unpaired) electrons. The summed E-state index contributed by atoms with van der Waals surface area (Å²) in [5, 5.41) is 15.3. The highest BCUT2D eigenvalue weighted by Gasteiger charge is 2.36. The number of aromatic nitrogens is 2. The fourth-order valence-electron chi connectivity index (χ4n) is 3.47. The molecule has 1 fully saturated rings. The third-order valence-electron chi connectivity index (χ3n) is 5.13.